The van der Waals surface area contributed by atoms with Gasteiger partial charge in [-0.25, -0.2) is 0 Å². The molecule has 0 radical (unpaired) electrons. The average Bonchev–Trinajstić information content (AvgIpc) is 3.43. The summed E-state index contributed by atoms with van der Waals surface area (Å²) in [6, 6.07) is 0. The summed E-state index contributed by atoms with van der Waals surface area (Å²) < 4.78 is 11.1. The Hall–Kier alpha value is -0.920. The van der Waals surface area contributed by atoms with E-state index >= 15 is 0 Å². The molecule has 0 spiro atoms. The van der Waals surface area contributed by atoms with E-state index in [0.29, 0.717) is 0 Å². The van der Waals surface area contributed by atoms with Crippen molar-refractivity contribution in [3.05, 3.63) is 23.9 Å². The van der Waals surface area contributed by atoms with E-state index in [-0.39, 0.29) is 0 Å². The Morgan fingerprint density at radius 1 is 0.630 bits per heavy atom. The molecular weight excluding hydrogens is 332 g/mol. The number of rotatable bonds is 21. The lowest BCUT2D eigenvalue weighted by Crippen LogP contribution is -1.89. The quantitative estimate of drug-likeness (QED) is 0.186. The molecule has 0 aliphatic carbocycles. The number of hydrogen-bond acceptors (Lipinski definition) is 2. The highest BCUT2D eigenvalue weighted by molar-refractivity contribution is 5.24. The molecule has 1 aliphatic heterocycles. The molecule has 2 heteroatoms. The van der Waals surface area contributed by atoms with Gasteiger partial charge in [0.15, 0.2) is 0 Å². The van der Waals surface area contributed by atoms with E-state index in [1.807, 2.05) is 0 Å². The minimum absolute atomic E-state index is 0.765. The summed E-state index contributed by atoms with van der Waals surface area (Å²) in [6.45, 7) is 5.36. The first kappa shape index (κ1) is 24.1. The molecule has 1 rings (SSSR count). The van der Waals surface area contributed by atoms with Gasteiger partial charge in [-0.3, -0.25) is 0 Å². The monoisotopic (exact) mass is 378 g/mol. The standard InChI is InChI=1S/C25H46O2/c1-3-5-7-9-11-13-14-16-18-20-22-24-25(27-24)26-23-21-19-17-15-12-10-8-6-4-2/h20,22H,3-19,21,23H2,1-2H3/b22-20+. The van der Waals surface area contributed by atoms with Crippen molar-refractivity contribution in [1.29, 1.82) is 0 Å². The molecule has 0 amide bonds. The lowest BCUT2D eigenvalue weighted by atomic mass is 10.1. The summed E-state index contributed by atoms with van der Waals surface area (Å²) in [7, 11) is 0. The highest BCUT2D eigenvalue weighted by Gasteiger charge is 2.24. The first-order chi connectivity index (χ1) is 13.4. The van der Waals surface area contributed by atoms with Crippen molar-refractivity contribution in [2.24, 2.45) is 0 Å². The summed E-state index contributed by atoms with van der Waals surface area (Å²) in [5.74, 6) is 1.72. The zero-order valence-corrected chi connectivity index (χ0v) is 18.4. The van der Waals surface area contributed by atoms with Crippen LogP contribution in [0.1, 0.15) is 129 Å². The van der Waals surface area contributed by atoms with Gasteiger partial charge in [0, 0.05) is 0 Å². The highest BCUT2D eigenvalue weighted by Crippen LogP contribution is 2.28. The summed E-state index contributed by atoms with van der Waals surface area (Å²) in [6.07, 6.45) is 28.7. The first-order valence-corrected chi connectivity index (χ1v) is 12.1. The van der Waals surface area contributed by atoms with Gasteiger partial charge in [0.1, 0.15) is 0 Å². The fraction of sp³-hybridized carbons (Fsp3) is 0.840. The average molecular weight is 379 g/mol. The Morgan fingerprint density at radius 2 is 1.11 bits per heavy atom. The minimum Gasteiger partial charge on any atom is -0.462 e. The zero-order valence-electron chi connectivity index (χ0n) is 18.4. The molecule has 158 valence electrons. The van der Waals surface area contributed by atoms with E-state index in [4.69, 9.17) is 9.47 Å². The van der Waals surface area contributed by atoms with Crippen LogP contribution in [-0.4, -0.2) is 6.61 Å². The van der Waals surface area contributed by atoms with Crippen LogP contribution in [-0.2, 0) is 9.47 Å². The van der Waals surface area contributed by atoms with Crippen LogP contribution in [0.3, 0.4) is 0 Å². The fourth-order valence-corrected chi connectivity index (χ4v) is 3.44. The number of hydrogen-bond donors (Lipinski definition) is 0. The van der Waals surface area contributed by atoms with Gasteiger partial charge in [0.05, 0.1) is 6.61 Å². The second-order valence-corrected chi connectivity index (χ2v) is 8.10. The summed E-state index contributed by atoms with van der Waals surface area (Å²) in [5, 5.41) is 0. The molecule has 0 aromatic carbocycles. The normalized spacial score (nSPS) is 13.4. The molecule has 1 aliphatic rings. The molecule has 0 fully saturated rings. The van der Waals surface area contributed by atoms with Crippen molar-refractivity contribution in [3.63, 3.8) is 0 Å². The first-order valence-electron chi connectivity index (χ1n) is 12.1. The van der Waals surface area contributed by atoms with Crippen LogP contribution in [0.25, 0.3) is 0 Å². The van der Waals surface area contributed by atoms with Crippen LogP contribution < -0.4 is 0 Å². The predicted octanol–water partition coefficient (Wildman–Crippen LogP) is 8.82. The van der Waals surface area contributed by atoms with Crippen LogP contribution in [0.2, 0.25) is 0 Å². The molecule has 2 nitrogen and oxygen atoms in total. The maximum atomic E-state index is 5.67. The van der Waals surface area contributed by atoms with Gasteiger partial charge >= 0.3 is 5.95 Å². The maximum absolute atomic E-state index is 5.67. The minimum atomic E-state index is 0.765. The second kappa shape index (κ2) is 18.4. The molecule has 0 saturated heterocycles. The van der Waals surface area contributed by atoms with Gasteiger partial charge in [-0.05, 0) is 25.3 Å². The van der Waals surface area contributed by atoms with Crippen LogP contribution >= 0.6 is 0 Å². The molecule has 0 atom stereocenters. The van der Waals surface area contributed by atoms with E-state index in [0.717, 1.165) is 31.2 Å². The molecule has 0 unspecified atom stereocenters. The lowest BCUT2D eigenvalue weighted by Gasteiger charge is -2.01. The summed E-state index contributed by atoms with van der Waals surface area (Å²) in [5.41, 5.74) is 0. The van der Waals surface area contributed by atoms with Gasteiger partial charge in [-0.1, -0.05) is 116 Å². The number of allylic oxidation sites excluding steroid dienone is 2. The Bertz CT molecular complexity index is 384. The van der Waals surface area contributed by atoms with E-state index < -0.39 is 0 Å². The van der Waals surface area contributed by atoms with Crippen molar-refractivity contribution in [3.8, 4) is 0 Å². The fourth-order valence-electron chi connectivity index (χ4n) is 3.44. The lowest BCUT2D eigenvalue weighted by molar-refractivity contribution is 0.149. The van der Waals surface area contributed by atoms with Crippen molar-refractivity contribution in [2.45, 2.75) is 129 Å². The Labute approximate surface area is 169 Å². The van der Waals surface area contributed by atoms with Crippen molar-refractivity contribution in [1.82, 2.24) is 0 Å². The third kappa shape index (κ3) is 15.8. The largest absolute Gasteiger partial charge is 0.462 e. The smallest absolute Gasteiger partial charge is 0.330 e. The van der Waals surface area contributed by atoms with Gasteiger partial charge in [0.2, 0.25) is 5.76 Å². The van der Waals surface area contributed by atoms with Crippen molar-refractivity contribution in [2.75, 3.05) is 6.61 Å². The Morgan fingerprint density at radius 3 is 1.67 bits per heavy atom. The van der Waals surface area contributed by atoms with Crippen LogP contribution in [0.5, 0.6) is 0 Å². The molecule has 0 saturated carbocycles. The van der Waals surface area contributed by atoms with Crippen LogP contribution in [0.15, 0.2) is 23.9 Å². The highest BCUT2D eigenvalue weighted by atomic mass is 16.7. The number of ether oxygens (including phenoxy) is 2. The van der Waals surface area contributed by atoms with Crippen LogP contribution in [0, 0.1) is 0 Å². The molecule has 0 aromatic rings. The molecule has 27 heavy (non-hydrogen) atoms. The summed E-state index contributed by atoms with van der Waals surface area (Å²) in [4.78, 5) is 0. The number of unbranched alkanes of at least 4 members (excludes halogenated alkanes) is 16. The SMILES string of the molecule is CCCCCCCCCC/C=C/C1=C(OCCCCCCCCCCC)O1. The molecule has 0 aromatic heterocycles. The molecule has 0 N–H and O–H groups in total. The van der Waals surface area contributed by atoms with Crippen LogP contribution in [0.4, 0.5) is 0 Å². The maximum Gasteiger partial charge on any atom is 0.330 e. The Kier molecular flexibility index (Phi) is 16.5. The second-order valence-electron chi connectivity index (χ2n) is 8.10. The van der Waals surface area contributed by atoms with Gasteiger partial charge in [-0.2, -0.15) is 0 Å². The van der Waals surface area contributed by atoms with Crippen molar-refractivity contribution >= 4 is 0 Å². The summed E-state index contributed by atoms with van der Waals surface area (Å²) >= 11 is 0. The molecular formula is C25H46O2. The zero-order chi connectivity index (χ0) is 19.4. The molecule has 1 heterocycles. The van der Waals surface area contributed by atoms with Gasteiger partial charge < -0.3 is 9.47 Å². The van der Waals surface area contributed by atoms with E-state index in [1.54, 1.807) is 0 Å². The van der Waals surface area contributed by atoms with E-state index in [9.17, 15) is 0 Å². The third-order valence-corrected chi connectivity index (χ3v) is 5.34. The molecule has 0 bridgehead atoms. The predicted molar refractivity (Wildman–Crippen MR) is 118 cm³/mol. The third-order valence-electron chi connectivity index (χ3n) is 5.34. The Balaban J connectivity index is 1.81. The van der Waals surface area contributed by atoms with E-state index in [1.165, 1.54) is 103 Å². The van der Waals surface area contributed by atoms with Gasteiger partial charge in [0.25, 0.3) is 0 Å². The topological polar surface area (TPSA) is 21.8 Å². The van der Waals surface area contributed by atoms with Crippen molar-refractivity contribution < 1.29 is 9.47 Å². The van der Waals surface area contributed by atoms with E-state index in [2.05, 4.69) is 26.0 Å². The van der Waals surface area contributed by atoms with Gasteiger partial charge in [-0.15, -0.1) is 0 Å².